The number of hydrogen-bond acceptors (Lipinski definition) is 3. The number of rotatable bonds is 3. The molecular weight excluding hydrogens is 212 g/mol. The van der Waals surface area contributed by atoms with Gasteiger partial charge < -0.3 is 5.73 Å². The Bertz CT molecular complexity index is 428. The third kappa shape index (κ3) is 2.93. The molecule has 0 aromatic heterocycles. The maximum absolute atomic E-state index is 12.1. The van der Waals surface area contributed by atoms with E-state index in [1.165, 1.54) is 11.1 Å². The lowest BCUT2D eigenvalue weighted by atomic mass is 10.0. The second kappa shape index (κ2) is 4.98. The highest BCUT2D eigenvalue weighted by molar-refractivity contribution is 5.97. The van der Waals surface area contributed by atoms with Crippen LogP contribution in [0.1, 0.15) is 27.9 Å². The third-order valence-electron chi connectivity index (χ3n) is 3.50. The van der Waals surface area contributed by atoms with Gasteiger partial charge >= 0.3 is 0 Å². The van der Waals surface area contributed by atoms with Crippen LogP contribution in [0.15, 0.2) is 18.2 Å². The van der Waals surface area contributed by atoms with Crippen LogP contribution in [0.3, 0.4) is 0 Å². The maximum Gasteiger partial charge on any atom is 0.176 e. The van der Waals surface area contributed by atoms with Gasteiger partial charge in [-0.15, -0.1) is 0 Å². The molecule has 1 saturated heterocycles. The number of Topliss-reactive ketones (excluding diaryl/α,β-unsaturated/α-hetero) is 1. The summed E-state index contributed by atoms with van der Waals surface area (Å²) in [6.07, 6.45) is 1.00. The van der Waals surface area contributed by atoms with E-state index in [0.29, 0.717) is 6.54 Å². The van der Waals surface area contributed by atoms with Gasteiger partial charge in [0.1, 0.15) is 0 Å². The topological polar surface area (TPSA) is 46.3 Å². The van der Waals surface area contributed by atoms with E-state index < -0.39 is 0 Å². The molecular formula is C14H20N2O. The van der Waals surface area contributed by atoms with Crippen LogP contribution in [0.4, 0.5) is 0 Å². The van der Waals surface area contributed by atoms with Gasteiger partial charge in [0.15, 0.2) is 5.78 Å². The Morgan fingerprint density at radius 2 is 2.18 bits per heavy atom. The van der Waals surface area contributed by atoms with Crippen molar-refractivity contribution in [1.29, 1.82) is 0 Å². The van der Waals surface area contributed by atoms with Gasteiger partial charge in [0, 0.05) is 24.7 Å². The van der Waals surface area contributed by atoms with Gasteiger partial charge in [-0.2, -0.15) is 0 Å². The Morgan fingerprint density at radius 3 is 2.76 bits per heavy atom. The number of benzene rings is 1. The summed E-state index contributed by atoms with van der Waals surface area (Å²) in [6, 6.07) is 6.15. The van der Waals surface area contributed by atoms with E-state index >= 15 is 0 Å². The lowest BCUT2D eigenvalue weighted by molar-refractivity contribution is 0.0944. The van der Waals surface area contributed by atoms with Crippen molar-refractivity contribution in [3.05, 3.63) is 34.9 Å². The van der Waals surface area contributed by atoms with Crippen molar-refractivity contribution in [1.82, 2.24) is 4.90 Å². The first-order valence-corrected chi connectivity index (χ1v) is 6.14. The van der Waals surface area contributed by atoms with Crippen molar-refractivity contribution >= 4 is 5.78 Å². The summed E-state index contributed by atoms with van der Waals surface area (Å²) in [4.78, 5) is 14.2. The molecule has 1 atom stereocenters. The number of likely N-dealkylation sites (tertiary alicyclic amines) is 1. The molecule has 1 aliphatic rings. The smallest absolute Gasteiger partial charge is 0.176 e. The Hall–Kier alpha value is -1.19. The van der Waals surface area contributed by atoms with Crippen LogP contribution >= 0.6 is 0 Å². The molecule has 1 aliphatic heterocycles. The third-order valence-corrected chi connectivity index (χ3v) is 3.50. The number of nitrogens with zero attached hydrogens (tertiary/aromatic N) is 1. The molecule has 0 aliphatic carbocycles. The molecule has 2 rings (SSSR count). The molecule has 1 unspecified atom stereocenters. The Balaban J connectivity index is 2.02. The summed E-state index contributed by atoms with van der Waals surface area (Å²) < 4.78 is 0. The number of hydrogen-bond donors (Lipinski definition) is 1. The van der Waals surface area contributed by atoms with Gasteiger partial charge in [0.25, 0.3) is 0 Å². The molecule has 2 N–H and O–H groups in total. The highest BCUT2D eigenvalue weighted by atomic mass is 16.1. The summed E-state index contributed by atoms with van der Waals surface area (Å²) in [5.41, 5.74) is 9.05. The van der Waals surface area contributed by atoms with Crippen molar-refractivity contribution in [3.63, 3.8) is 0 Å². The fraction of sp³-hybridized carbons (Fsp3) is 0.500. The number of nitrogens with two attached hydrogens (primary N) is 1. The minimum Gasteiger partial charge on any atom is -0.326 e. The van der Waals surface area contributed by atoms with Crippen LogP contribution in [-0.4, -0.2) is 36.4 Å². The van der Waals surface area contributed by atoms with Gasteiger partial charge in [-0.1, -0.05) is 12.1 Å². The van der Waals surface area contributed by atoms with E-state index in [1.54, 1.807) is 0 Å². The van der Waals surface area contributed by atoms with Gasteiger partial charge in [0.2, 0.25) is 0 Å². The first-order valence-electron chi connectivity index (χ1n) is 6.14. The SMILES string of the molecule is Cc1ccc(C(=O)CN2CCC(N)C2)cc1C. The molecule has 1 aromatic rings. The van der Waals surface area contributed by atoms with Crippen LogP contribution < -0.4 is 5.73 Å². The molecule has 3 heteroatoms. The zero-order valence-electron chi connectivity index (χ0n) is 10.6. The maximum atomic E-state index is 12.1. The van der Waals surface area contributed by atoms with Gasteiger partial charge in [-0.25, -0.2) is 0 Å². The molecule has 0 spiro atoms. The van der Waals surface area contributed by atoms with Crippen LogP contribution in [0.2, 0.25) is 0 Å². The largest absolute Gasteiger partial charge is 0.326 e. The quantitative estimate of drug-likeness (QED) is 0.804. The van der Waals surface area contributed by atoms with Crippen molar-refractivity contribution in [2.75, 3.05) is 19.6 Å². The normalized spacial score (nSPS) is 20.8. The van der Waals surface area contributed by atoms with E-state index in [0.717, 1.165) is 25.1 Å². The van der Waals surface area contributed by atoms with Crippen molar-refractivity contribution in [2.24, 2.45) is 5.73 Å². The molecule has 1 aromatic carbocycles. The summed E-state index contributed by atoms with van der Waals surface area (Å²) in [7, 11) is 0. The minimum atomic E-state index is 0.196. The summed E-state index contributed by atoms with van der Waals surface area (Å²) in [5.74, 6) is 0.196. The molecule has 3 nitrogen and oxygen atoms in total. The lowest BCUT2D eigenvalue weighted by Gasteiger charge is -2.14. The van der Waals surface area contributed by atoms with Crippen LogP contribution in [-0.2, 0) is 0 Å². The average molecular weight is 232 g/mol. The van der Waals surface area contributed by atoms with Crippen LogP contribution in [0.5, 0.6) is 0 Å². The second-order valence-electron chi connectivity index (χ2n) is 5.01. The first-order chi connectivity index (χ1) is 8.06. The van der Waals surface area contributed by atoms with Crippen LogP contribution in [0.25, 0.3) is 0 Å². The Kier molecular flexibility index (Phi) is 3.60. The van der Waals surface area contributed by atoms with E-state index in [1.807, 2.05) is 25.1 Å². The van der Waals surface area contributed by atoms with E-state index in [-0.39, 0.29) is 11.8 Å². The Morgan fingerprint density at radius 1 is 1.41 bits per heavy atom. The number of carbonyl (C=O) groups excluding carboxylic acids is 1. The molecule has 0 radical (unpaired) electrons. The molecule has 92 valence electrons. The highest BCUT2D eigenvalue weighted by Crippen LogP contribution is 2.12. The van der Waals surface area contributed by atoms with E-state index in [4.69, 9.17) is 5.73 Å². The summed E-state index contributed by atoms with van der Waals surface area (Å²) in [6.45, 7) is 6.38. The fourth-order valence-electron chi connectivity index (χ4n) is 2.22. The van der Waals surface area contributed by atoms with Crippen molar-refractivity contribution < 1.29 is 4.79 Å². The zero-order valence-corrected chi connectivity index (χ0v) is 10.6. The van der Waals surface area contributed by atoms with Gasteiger partial charge in [-0.3, -0.25) is 9.69 Å². The lowest BCUT2D eigenvalue weighted by Crippen LogP contribution is -2.31. The average Bonchev–Trinajstić information content (AvgIpc) is 2.68. The predicted molar refractivity (Wildman–Crippen MR) is 69.3 cm³/mol. The zero-order chi connectivity index (χ0) is 12.4. The standard InChI is InChI=1S/C14H20N2O/c1-10-3-4-12(7-11(10)2)14(17)9-16-6-5-13(15)8-16/h3-4,7,13H,5-6,8-9,15H2,1-2H3. The number of carbonyl (C=O) groups is 1. The molecule has 0 bridgehead atoms. The fourth-order valence-corrected chi connectivity index (χ4v) is 2.22. The second-order valence-corrected chi connectivity index (χ2v) is 5.01. The molecule has 1 heterocycles. The van der Waals surface area contributed by atoms with E-state index in [9.17, 15) is 4.79 Å². The van der Waals surface area contributed by atoms with Gasteiger partial charge in [-0.05, 0) is 37.5 Å². The number of aryl methyl sites for hydroxylation is 2. The Labute approximate surface area is 103 Å². The monoisotopic (exact) mass is 232 g/mol. The molecule has 0 amide bonds. The summed E-state index contributed by atoms with van der Waals surface area (Å²) in [5, 5.41) is 0. The van der Waals surface area contributed by atoms with Crippen LogP contribution in [0, 0.1) is 13.8 Å². The molecule has 1 fully saturated rings. The number of ketones is 1. The van der Waals surface area contributed by atoms with Crippen molar-refractivity contribution in [3.8, 4) is 0 Å². The van der Waals surface area contributed by atoms with E-state index in [2.05, 4.69) is 11.8 Å². The molecule has 17 heavy (non-hydrogen) atoms. The molecule has 0 saturated carbocycles. The highest BCUT2D eigenvalue weighted by Gasteiger charge is 2.21. The summed E-state index contributed by atoms with van der Waals surface area (Å²) >= 11 is 0. The minimum absolute atomic E-state index is 0.196. The first kappa shape index (κ1) is 12.3. The van der Waals surface area contributed by atoms with Crippen molar-refractivity contribution in [2.45, 2.75) is 26.3 Å². The predicted octanol–water partition coefficient (Wildman–Crippen LogP) is 1.52. The van der Waals surface area contributed by atoms with Gasteiger partial charge in [0.05, 0.1) is 6.54 Å².